The second kappa shape index (κ2) is 6.71. The first-order valence-electron chi connectivity index (χ1n) is 7.50. The molecule has 0 saturated carbocycles. The summed E-state index contributed by atoms with van der Waals surface area (Å²) >= 11 is 0. The molecule has 1 N–H and O–H groups in total. The Hall–Kier alpha value is -0.610. The molecule has 1 aliphatic rings. The van der Waals surface area contributed by atoms with Crippen molar-refractivity contribution in [2.24, 2.45) is 0 Å². The van der Waals surface area contributed by atoms with Gasteiger partial charge in [-0.1, -0.05) is 13.8 Å². The van der Waals surface area contributed by atoms with Crippen molar-refractivity contribution in [2.75, 3.05) is 13.2 Å². The number of carbonyl (C=O) groups excluding carboxylic acids is 1. The summed E-state index contributed by atoms with van der Waals surface area (Å²) in [5.74, 6) is -0.127. The van der Waals surface area contributed by atoms with Crippen molar-refractivity contribution in [1.29, 1.82) is 0 Å². The highest BCUT2D eigenvalue weighted by Crippen LogP contribution is 2.36. The molecule has 0 bridgehead atoms. The van der Waals surface area contributed by atoms with Crippen LogP contribution < -0.4 is 5.32 Å². The molecule has 112 valence electrons. The Labute approximate surface area is 117 Å². The van der Waals surface area contributed by atoms with Crippen LogP contribution in [0.25, 0.3) is 0 Å². The first kappa shape index (κ1) is 16.4. The minimum Gasteiger partial charge on any atom is -0.465 e. The molecule has 19 heavy (non-hydrogen) atoms. The molecule has 1 fully saturated rings. The first-order chi connectivity index (χ1) is 8.91. The number of ether oxygens (including phenoxy) is 2. The van der Waals surface area contributed by atoms with Crippen LogP contribution in [0.15, 0.2) is 0 Å². The molecule has 0 aromatic heterocycles. The molecule has 1 saturated heterocycles. The molecule has 4 nitrogen and oxygen atoms in total. The second-order valence-corrected chi connectivity index (χ2v) is 5.83. The van der Waals surface area contributed by atoms with E-state index < -0.39 is 5.54 Å². The molecule has 0 spiro atoms. The van der Waals surface area contributed by atoms with Gasteiger partial charge in [-0.05, 0) is 40.0 Å². The Kier molecular flexibility index (Phi) is 5.81. The molecule has 4 heteroatoms. The van der Waals surface area contributed by atoms with Gasteiger partial charge < -0.3 is 9.47 Å². The highest BCUT2D eigenvalue weighted by atomic mass is 16.5. The van der Waals surface area contributed by atoms with Crippen molar-refractivity contribution in [3.05, 3.63) is 0 Å². The fourth-order valence-electron chi connectivity index (χ4n) is 2.68. The summed E-state index contributed by atoms with van der Waals surface area (Å²) in [7, 11) is 0. The third-order valence-electron chi connectivity index (χ3n) is 4.20. The van der Waals surface area contributed by atoms with Crippen LogP contribution in [0.2, 0.25) is 0 Å². The van der Waals surface area contributed by atoms with Gasteiger partial charge in [0.2, 0.25) is 0 Å². The number of nitrogens with one attached hydrogen (secondary N) is 1. The minimum absolute atomic E-state index is 0.127. The van der Waals surface area contributed by atoms with Gasteiger partial charge in [-0.2, -0.15) is 0 Å². The minimum atomic E-state index is -0.589. The van der Waals surface area contributed by atoms with E-state index in [1.165, 1.54) is 0 Å². The molecule has 1 heterocycles. The van der Waals surface area contributed by atoms with Crippen LogP contribution in [0.1, 0.15) is 60.3 Å². The lowest BCUT2D eigenvalue weighted by Gasteiger charge is -2.46. The zero-order valence-corrected chi connectivity index (χ0v) is 13.0. The Morgan fingerprint density at radius 1 is 1.42 bits per heavy atom. The monoisotopic (exact) mass is 271 g/mol. The van der Waals surface area contributed by atoms with Gasteiger partial charge in [-0.25, -0.2) is 0 Å². The standard InChI is InChI=1S/C15H29NO3/c1-6-12(4)16-15(13(17)18-8-3)9-10-19-14(5,7-2)11-15/h12,16H,6-11H2,1-5H3. The van der Waals surface area contributed by atoms with Gasteiger partial charge in [0, 0.05) is 19.1 Å². The van der Waals surface area contributed by atoms with Gasteiger partial charge in [0.25, 0.3) is 0 Å². The van der Waals surface area contributed by atoms with Crippen molar-refractivity contribution in [1.82, 2.24) is 5.32 Å². The van der Waals surface area contributed by atoms with Crippen LogP contribution in [-0.4, -0.2) is 36.4 Å². The van der Waals surface area contributed by atoms with E-state index in [2.05, 4.69) is 33.0 Å². The predicted molar refractivity (Wildman–Crippen MR) is 76.1 cm³/mol. The average Bonchev–Trinajstić information content (AvgIpc) is 2.39. The molecule has 1 rings (SSSR count). The molecule has 1 aliphatic heterocycles. The van der Waals surface area contributed by atoms with E-state index in [0.717, 1.165) is 12.8 Å². The summed E-state index contributed by atoms with van der Waals surface area (Å²) in [6.45, 7) is 11.3. The van der Waals surface area contributed by atoms with Crippen LogP contribution >= 0.6 is 0 Å². The van der Waals surface area contributed by atoms with E-state index in [4.69, 9.17) is 9.47 Å². The Balaban J connectivity index is 2.94. The number of hydrogen-bond donors (Lipinski definition) is 1. The Morgan fingerprint density at radius 2 is 2.11 bits per heavy atom. The summed E-state index contributed by atoms with van der Waals surface area (Å²) < 4.78 is 11.2. The zero-order valence-electron chi connectivity index (χ0n) is 13.0. The third-order valence-corrected chi connectivity index (χ3v) is 4.20. The highest BCUT2D eigenvalue weighted by Gasteiger charge is 2.48. The predicted octanol–water partition coefficient (Wildman–Crippen LogP) is 2.66. The van der Waals surface area contributed by atoms with Gasteiger partial charge in [-0.15, -0.1) is 0 Å². The number of esters is 1. The summed E-state index contributed by atoms with van der Waals surface area (Å²) in [4.78, 5) is 12.4. The molecular weight excluding hydrogens is 242 g/mol. The van der Waals surface area contributed by atoms with E-state index in [-0.39, 0.29) is 11.6 Å². The SMILES string of the molecule is CCOC(=O)C1(NC(C)CC)CCOC(C)(CC)C1. The largest absolute Gasteiger partial charge is 0.465 e. The lowest BCUT2D eigenvalue weighted by Crippen LogP contribution is -2.62. The van der Waals surface area contributed by atoms with Crippen LogP contribution in [0.4, 0.5) is 0 Å². The van der Waals surface area contributed by atoms with E-state index >= 15 is 0 Å². The van der Waals surface area contributed by atoms with E-state index in [0.29, 0.717) is 32.1 Å². The van der Waals surface area contributed by atoms with Gasteiger partial charge in [0.05, 0.1) is 12.2 Å². The van der Waals surface area contributed by atoms with Crippen molar-refractivity contribution < 1.29 is 14.3 Å². The normalized spacial score (nSPS) is 32.9. The number of rotatable bonds is 6. The maximum atomic E-state index is 12.4. The summed E-state index contributed by atoms with van der Waals surface area (Å²) in [5, 5.41) is 3.50. The topological polar surface area (TPSA) is 47.6 Å². The highest BCUT2D eigenvalue weighted by molar-refractivity contribution is 5.81. The molecule has 0 aliphatic carbocycles. The molecule has 0 aromatic carbocycles. The van der Waals surface area contributed by atoms with Crippen LogP contribution in [0.3, 0.4) is 0 Å². The van der Waals surface area contributed by atoms with Crippen LogP contribution in [0, 0.1) is 0 Å². The number of hydrogen-bond acceptors (Lipinski definition) is 4. The maximum absolute atomic E-state index is 12.4. The molecule has 0 radical (unpaired) electrons. The Bertz CT molecular complexity index is 308. The maximum Gasteiger partial charge on any atom is 0.326 e. The Morgan fingerprint density at radius 3 is 2.63 bits per heavy atom. The van der Waals surface area contributed by atoms with Crippen LogP contribution in [-0.2, 0) is 14.3 Å². The summed E-state index contributed by atoms with van der Waals surface area (Å²) in [6, 6.07) is 0.295. The lowest BCUT2D eigenvalue weighted by atomic mass is 9.78. The molecule has 3 atom stereocenters. The van der Waals surface area contributed by atoms with E-state index in [1.807, 2.05) is 6.92 Å². The van der Waals surface area contributed by atoms with Crippen molar-refractivity contribution in [3.63, 3.8) is 0 Å². The molecular formula is C15H29NO3. The number of carbonyl (C=O) groups is 1. The fourth-order valence-corrected chi connectivity index (χ4v) is 2.68. The van der Waals surface area contributed by atoms with Crippen molar-refractivity contribution in [3.8, 4) is 0 Å². The summed E-state index contributed by atoms with van der Waals surface area (Å²) in [6.07, 6.45) is 3.26. The molecule has 0 aromatic rings. The quantitative estimate of drug-likeness (QED) is 0.755. The van der Waals surface area contributed by atoms with Gasteiger partial charge in [0.1, 0.15) is 5.54 Å². The molecule has 0 amide bonds. The van der Waals surface area contributed by atoms with E-state index in [1.54, 1.807) is 0 Å². The fraction of sp³-hybridized carbons (Fsp3) is 0.933. The van der Waals surface area contributed by atoms with Gasteiger partial charge in [-0.3, -0.25) is 10.1 Å². The molecule has 3 unspecified atom stereocenters. The van der Waals surface area contributed by atoms with E-state index in [9.17, 15) is 4.79 Å². The van der Waals surface area contributed by atoms with Gasteiger partial charge >= 0.3 is 5.97 Å². The average molecular weight is 271 g/mol. The van der Waals surface area contributed by atoms with Crippen molar-refractivity contribution in [2.45, 2.75) is 77.5 Å². The summed E-state index contributed by atoms with van der Waals surface area (Å²) in [5.41, 5.74) is -0.833. The third kappa shape index (κ3) is 3.93. The van der Waals surface area contributed by atoms with Crippen molar-refractivity contribution >= 4 is 5.97 Å². The van der Waals surface area contributed by atoms with Crippen LogP contribution in [0.5, 0.6) is 0 Å². The smallest absolute Gasteiger partial charge is 0.326 e. The van der Waals surface area contributed by atoms with Gasteiger partial charge in [0.15, 0.2) is 0 Å². The zero-order chi connectivity index (χ0) is 14.5. The first-order valence-corrected chi connectivity index (χ1v) is 7.50. The lowest BCUT2D eigenvalue weighted by molar-refractivity contribution is -0.166. The second-order valence-electron chi connectivity index (χ2n) is 5.83.